The first-order valence-corrected chi connectivity index (χ1v) is 8.23. The van der Waals surface area contributed by atoms with Crippen LogP contribution < -0.4 is 10.9 Å². The number of halogens is 1. The predicted molar refractivity (Wildman–Crippen MR) is 95.8 cm³/mol. The standard InChI is InChI=1S/C19H16FN3O4/c1-2-27-19(26)17(24)21-11-16-22-15-6-4-3-5-14(15)18(25)23(16)13-9-7-12(20)8-10-13/h3-10H,2,11H2,1H3,(H,21,24). The van der Waals surface area contributed by atoms with Gasteiger partial charge in [-0.05, 0) is 43.3 Å². The van der Waals surface area contributed by atoms with Crippen molar-refractivity contribution in [1.29, 1.82) is 0 Å². The molecule has 3 rings (SSSR count). The third-order valence-electron chi connectivity index (χ3n) is 3.80. The number of amides is 1. The van der Waals surface area contributed by atoms with Crippen LogP contribution in [0.5, 0.6) is 0 Å². The van der Waals surface area contributed by atoms with Crippen molar-refractivity contribution >= 4 is 22.8 Å². The van der Waals surface area contributed by atoms with Crippen LogP contribution >= 0.6 is 0 Å². The maximum absolute atomic E-state index is 13.3. The number of esters is 1. The number of nitrogens with one attached hydrogen (secondary N) is 1. The molecule has 27 heavy (non-hydrogen) atoms. The summed E-state index contributed by atoms with van der Waals surface area (Å²) >= 11 is 0. The molecule has 7 nitrogen and oxygen atoms in total. The van der Waals surface area contributed by atoms with Crippen molar-refractivity contribution in [2.24, 2.45) is 0 Å². The molecule has 0 aliphatic heterocycles. The van der Waals surface area contributed by atoms with E-state index >= 15 is 0 Å². The van der Waals surface area contributed by atoms with Gasteiger partial charge in [-0.3, -0.25) is 14.2 Å². The van der Waals surface area contributed by atoms with Gasteiger partial charge in [-0.1, -0.05) is 12.1 Å². The van der Waals surface area contributed by atoms with Crippen molar-refractivity contribution in [3.05, 3.63) is 70.5 Å². The van der Waals surface area contributed by atoms with Gasteiger partial charge in [0.05, 0.1) is 29.7 Å². The van der Waals surface area contributed by atoms with Crippen molar-refractivity contribution in [3.63, 3.8) is 0 Å². The molecule has 0 fully saturated rings. The molecule has 1 aromatic heterocycles. The SMILES string of the molecule is CCOC(=O)C(=O)NCc1nc2ccccc2c(=O)n1-c1ccc(F)cc1. The van der Waals surface area contributed by atoms with E-state index in [1.54, 1.807) is 31.2 Å². The topological polar surface area (TPSA) is 90.3 Å². The van der Waals surface area contributed by atoms with Gasteiger partial charge >= 0.3 is 11.9 Å². The molecule has 0 spiro atoms. The lowest BCUT2D eigenvalue weighted by Crippen LogP contribution is -2.35. The van der Waals surface area contributed by atoms with E-state index in [4.69, 9.17) is 0 Å². The van der Waals surface area contributed by atoms with Gasteiger partial charge in [0.2, 0.25) is 0 Å². The number of hydrogen-bond acceptors (Lipinski definition) is 5. The van der Waals surface area contributed by atoms with Crippen LogP contribution in [-0.2, 0) is 20.9 Å². The summed E-state index contributed by atoms with van der Waals surface area (Å²) in [5.41, 5.74) is 0.467. The summed E-state index contributed by atoms with van der Waals surface area (Å²) in [4.78, 5) is 40.6. The normalized spacial score (nSPS) is 10.6. The first kappa shape index (κ1) is 18.2. The van der Waals surface area contributed by atoms with Crippen LogP contribution in [-0.4, -0.2) is 28.0 Å². The zero-order valence-electron chi connectivity index (χ0n) is 14.4. The van der Waals surface area contributed by atoms with E-state index < -0.39 is 17.7 Å². The Hall–Kier alpha value is -3.55. The molecule has 1 N–H and O–H groups in total. The van der Waals surface area contributed by atoms with Crippen LogP contribution in [0.25, 0.3) is 16.6 Å². The van der Waals surface area contributed by atoms with E-state index in [9.17, 15) is 18.8 Å². The van der Waals surface area contributed by atoms with Crippen LogP contribution in [0.15, 0.2) is 53.3 Å². The number of para-hydroxylation sites is 1. The van der Waals surface area contributed by atoms with E-state index in [0.29, 0.717) is 16.6 Å². The van der Waals surface area contributed by atoms with Gasteiger partial charge in [0.1, 0.15) is 11.6 Å². The summed E-state index contributed by atoms with van der Waals surface area (Å²) in [5.74, 6) is -2.21. The molecule has 0 saturated heterocycles. The Morgan fingerprint density at radius 3 is 2.56 bits per heavy atom. The second-order valence-electron chi connectivity index (χ2n) is 5.57. The maximum atomic E-state index is 13.3. The molecule has 1 amide bonds. The first-order chi connectivity index (χ1) is 13.0. The lowest BCUT2D eigenvalue weighted by atomic mass is 10.2. The molecule has 3 aromatic rings. The number of aromatic nitrogens is 2. The molecule has 2 aromatic carbocycles. The van der Waals surface area contributed by atoms with E-state index in [2.05, 4.69) is 15.0 Å². The Morgan fingerprint density at radius 2 is 1.85 bits per heavy atom. The quantitative estimate of drug-likeness (QED) is 0.558. The summed E-state index contributed by atoms with van der Waals surface area (Å²) < 4.78 is 19.2. The van der Waals surface area contributed by atoms with Crippen LogP contribution in [0.2, 0.25) is 0 Å². The number of carbonyl (C=O) groups excluding carboxylic acids is 2. The van der Waals surface area contributed by atoms with Gasteiger partial charge in [0.15, 0.2) is 0 Å². The van der Waals surface area contributed by atoms with Crippen molar-refractivity contribution in [2.75, 3.05) is 6.61 Å². The van der Waals surface area contributed by atoms with Gasteiger partial charge in [-0.2, -0.15) is 0 Å². The van der Waals surface area contributed by atoms with E-state index in [0.717, 1.165) is 0 Å². The molecule has 0 aliphatic carbocycles. The Morgan fingerprint density at radius 1 is 1.15 bits per heavy atom. The van der Waals surface area contributed by atoms with Crippen molar-refractivity contribution < 1.29 is 18.7 Å². The molecule has 0 radical (unpaired) electrons. The highest BCUT2D eigenvalue weighted by atomic mass is 19.1. The fourth-order valence-electron chi connectivity index (χ4n) is 2.58. The average molecular weight is 369 g/mol. The molecule has 1 heterocycles. The number of benzene rings is 2. The van der Waals surface area contributed by atoms with E-state index in [1.807, 2.05) is 0 Å². The molecular formula is C19H16FN3O4. The third-order valence-corrected chi connectivity index (χ3v) is 3.80. The zero-order valence-corrected chi connectivity index (χ0v) is 14.4. The van der Waals surface area contributed by atoms with Crippen LogP contribution in [0.3, 0.4) is 0 Å². The van der Waals surface area contributed by atoms with Crippen molar-refractivity contribution in [3.8, 4) is 5.69 Å². The van der Waals surface area contributed by atoms with Gasteiger partial charge in [0.25, 0.3) is 5.56 Å². The minimum absolute atomic E-state index is 0.0702. The molecule has 0 saturated carbocycles. The molecular weight excluding hydrogens is 353 g/mol. The summed E-state index contributed by atoms with van der Waals surface area (Å²) in [7, 11) is 0. The highest BCUT2D eigenvalue weighted by molar-refractivity contribution is 6.32. The summed E-state index contributed by atoms with van der Waals surface area (Å²) in [6.07, 6.45) is 0. The predicted octanol–water partition coefficient (Wildman–Crippen LogP) is 1.70. The van der Waals surface area contributed by atoms with Crippen molar-refractivity contribution in [2.45, 2.75) is 13.5 Å². The monoisotopic (exact) mass is 369 g/mol. The average Bonchev–Trinajstić information content (AvgIpc) is 2.67. The molecule has 0 aliphatic rings. The number of rotatable bonds is 4. The Bertz CT molecular complexity index is 1060. The minimum atomic E-state index is -1.02. The van der Waals surface area contributed by atoms with Crippen LogP contribution in [0.4, 0.5) is 4.39 Å². The highest BCUT2D eigenvalue weighted by Crippen LogP contribution is 2.13. The maximum Gasteiger partial charge on any atom is 0.396 e. The third kappa shape index (κ3) is 3.84. The summed E-state index contributed by atoms with van der Waals surface area (Å²) in [5, 5.41) is 2.76. The van der Waals surface area contributed by atoms with E-state index in [1.165, 1.54) is 28.8 Å². The minimum Gasteiger partial charge on any atom is -0.459 e. The lowest BCUT2D eigenvalue weighted by molar-refractivity contribution is -0.154. The lowest BCUT2D eigenvalue weighted by Gasteiger charge is -2.14. The van der Waals surface area contributed by atoms with Gasteiger partial charge in [-0.15, -0.1) is 0 Å². The van der Waals surface area contributed by atoms with Crippen LogP contribution in [0, 0.1) is 5.82 Å². The molecule has 0 unspecified atom stereocenters. The molecule has 8 heteroatoms. The van der Waals surface area contributed by atoms with Gasteiger partial charge < -0.3 is 10.1 Å². The van der Waals surface area contributed by atoms with Gasteiger partial charge in [0, 0.05) is 0 Å². The second-order valence-corrected chi connectivity index (χ2v) is 5.57. The Kier molecular flexibility index (Phi) is 5.25. The molecule has 0 atom stereocenters. The van der Waals surface area contributed by atoms with E-state index in [-0.39, 0.29) is 24.5 Å². The first-order valence-electron chi connectivity index (χ1n) is 8.23. The highest BCUT2D eigenvalue weighted by Gasteiger charge is 2.17. The van der Waals surface area contributed by atoms with Gasteiger partial charge in [-0.25, -0.2) is 14.2 Å². The number of fused-ring (bicyclic) bond motifs is 1. The molecule has 0 bridgehead atoms. The fourth-order valence-corrected chi connectivity index (χ4v) is 2.58. The summed E-state index contributed by atoms with van der Waals surface area (Å²) in [6, 6.07) is 12.1. The summed E-state index contributed by atoms with van der Waals surface area (Å²) in [6.45, 7) is 1.47. The Labute approximate surface area is 153 Å². The van der Waals surface area contributed by atoms with Crippen molar-refractivity contribution in [1.82, 2.24) is 14.9 Å². The largest absolute Gasteiger partial charge is 0.459 e. The Balaban J connectivity index is 2.06. The smallest absolute Gasteiger partial charge is 0.396 e. The fraction of sp³-hybridized carbons (Fsp3) is 0.158. The number of carbonyl (C=O) groups is 2. The number of ether oxygens (including phenoxy) is 1. The second kappa shape index (κ2) is 7.77. The number of nitrogens with zero attached hydrogens (tertiary/aromatic N) is 2. The number of hydrogen-bond donors (Lipinski definition) is 1. The van der Waals surface area contributed by atoms with Crippen LogP contribution in [0.1, 0.15) is 12.7 Å². The zero-order chi connectivity index (χ0) is 19.4. The molecule has 138 valence electrons.